The molecule has 0 spiro atoms. The molecule has 0 aliphatic carbocycles. The summed E-state index contributed by atoms with van der Waals surface area (Å²) >= 11 is 6.29. The summed E-state index contributed by atoms with van der Waals surface area (Å²) in [7, 11) is -3.73. The third-order valence-electron chi connectivity index (χ3n) is 4.76. The van der Waals surface area contributed by atoms with Crippen LogP contribution in [-0.4, -0.2) is 50.5 Å². The van der Waals surface area contributed by atoms with Crippen molar-refractivity contribution >= 4 is 39.1 Å². The molecule has 31 heavy (non-hydrogen) atoms. The van der Waals surface area contributed by atoms with E-state index >= 15 is 0 Å². The van der Waals surface area contributed by atoms with Crippen LogP contribution in [0.5, 0.6) is 0 Å². The molecule has 0 radical (unpaired) electrons. The van der Waals surface area contributed by atoms with E-state index in [1.54, 1.807) is 68.4 Å². The van der Waals surface area contributed by atoms with E-state index in [2.05, 4.69) is 5.32 Å². The quantitative estimate of drug-likeness (QED) is 0.584. The summed E-state index contributed by atoms with van der Waals surface area (Å²) in [5, 5.41) is 3.22. The predicted molar refractivity (Wildman–Crippen MR) is 123 cm³/mol. The van der Waals surface area contributed by atoms with Crippen molar-refractivity contribution in [2.75, 3.05) is 23.7 Å². The van der Waals surface area contributed by atoms with Crippen molar-refractivity contribution in [2.24, 2.45) is 0 Å². The number of amides is 2. The van der Waals surface area contributed by atoms with Crippen LogP contribution < -0.4 is 9.62 Å². The summed E-state index contributed by atoms with van der Waals surface area (Å²) in [5.74, 6) is -0.789. The van der Waals surface area contributed by atoms with Gasteiger partial charge in [0.1, 0.15) is 12.6 Å². The minimum atomic E-state index is -3.73. The Morgan fingerprint density at radius 3 is 2.19 bits per heavy atom. The molecule has 168 valence electrons. The average molecular weight is 466 g/mol. The zero-order chi connectivity index (χ0) is 23.0. The van der Waals surface area contributed by atoms with E-state index in [0.29, 0.717) is 29.2 Å². The maximum atomic E-state index is 13.4. The van der Waals surface area contributed by atoms with Crippen LogP contribution >= 0.6 is 11.6 Å². The number of carbonyl (C=O) groups excluding carboxylic acids is 2. The van der Waals surface area contributed by atoms with Gasteiger partial charge in [0.2, 0.25) is 21.8 Å². The second-order valence-corrected chi connectivity index (χ2v) is 9.35. The van der Waals surface area contributed by atoms with E-state index in [1.165, 1.54) is 4.90 Å². The van der Waals surface area contributed by atoms with Gasteiger partial charge in [0, 0.05) is 18.1 Å². The molecule has 7 nitrogen and oxygen atoms in total. The van der Waals surface area contributed by atoms with E-state index in [0.717, 1.165) is 10.6 Å². The second kappa shape index (κ2) is 11.2. The summed E-state index contributed by atoms with van der Waals surface area (Å²) in [5.41, 5.74) is 1.05. The molecular weight excluding hydrogens is 438 g/mol. The Hall–Kier alpha value is -2.58. The van der Waals surface area contributed by atoms with Crippen LogP contribution in [0.2, 0.25) is 5.02 Å². The third-order valence-corrected chi connectivity index (χ3v) is 6.27. The van der Waals surface area contributed by atoms with Gasteiger partial charge in [0.25, 0.3) is 0 Å². The molecule has 1 N–H and O–H groups in total. The van der Waals surface area contributed by atoms with Crippen LogP contribution in [0.4, 0.5) is 5.69 Å². The van der Waals surface area contributed by atoms with Crippen LogP contribution in [0.3, 0.4) is 0 Å². The Bertz CT molecular complexity index is 999. The molecule has 0 unspecified atom stereocenters. The number of para-hydroxylation sites is 1. The van der Waals surface area contributed by atoms with Gasteiger partial charge in [-0.15, -0.1) is 0 Å². The van der Waals surface area contributed by atoms with Crippen LogP contribution in [0, 0.1) is 0 Å². The maximum absolute atomic E-state index is 13.4. The Labute approximate surface area is 189 Å². The molecule has 9 heteroatoms. The van der Waals surface area contributed by atoms with Gasteiger partial charge < -0.3 is 10.2 Å². The van der Waals surface area contributed by atoms with Crippen LogP contribution in [0.15, 0.2) is 54.6 Å². The number of anilines is 1. The van der Waals surface area contributed by atoms with Gasteiger partial charge in [-0.2, -0.15) is 0 Å². The van der Waals surface area contributed by atoms with Crippen molar-refractivity contribution in [1.29, 1.82) is 0 Å². The topological polar surface area (TPSA) is 86.8 Å². The largest absolute Gasteiger partial charge is 0.355 e. The zero-order valence-electron chi connectivity index (χ0n) is 17.9. The summed E-state index contributed by atoms with van der Waals surface area (Å²) in [6, 6.07) is 14.7. The normalized spacial score (nSPS) is 12.1. The van der Waals surface area contributed by atoms with Gasteiger partial charge in [-0.1, -0.05) is 54.9 Å². The smallest absolute Gasteiger partial charge is 0.244 e. The van der Waals surface area contributed by atoms with Crippen molar-refractivity contribution < 1.29 is 18.0 Å². The van der Waals surface area contributed by atoms with E-state index in [4.69, 9.17) is 11.6 Å². The van der Waals surface area contributed by atoms with Gasteiger partial charge >= 0.3 is 0 Å². The molecule has 0 fully saturated rings. The molecular formula is C22H28ClN3O4S. The van der Waals surface area contributed by atoms with Crippen LogP contribution in [0.25, 0.3) is 0 Å². The highest BCUT2D eigenvalue weighted by Crippen LogP contribution is 2.22. The van der Waals surface area contributed by atoms with Gasteiger partial charge in [-0.05, 0) is 37.1 Å². The highest BCUT2D eigenvalue weighted by molar-refractivity contribution is 7.92. The lowest BCUT2D eigenvalue weighted by Crippen LogP contribution is -2.52. The van der Waals surface area contributed by atoms with Gasteiger partial charge in [0.15, 0.2) is 0 Å². The lowest BCUT2D eigenvalue weighted by molar-refractivity contribution is -0.140. The number of sulfonamides is 1. The summed E-state index contributed by atoms with van der Waals surface area (Å²) in [4.78, 5) is 27.5. The molecule has 0 aliphatic rings. The lowest BCUT2D eigenvalue weighted by Gasteiger charge is -2.33. The number of hydrogen-bond donors (Lipinski definition) is 1. The lowest BCUT2D eigenvalue weighted by atomic mass is 10.1. The number of nitrogens with zero attached hydrogens (tertiary/aromatic N) is 2. The number of halogens is 1. The second-order valence-electron chi connectivity index (χ2n) is 7.04. The molecule has 0 aromatic heterocycles. The highest BCUT2D eigenvalue weighted by Gasteiger charge is 2.31. The third kappa shape index (κ3) is 6.70. The van der Waals surface area contributed by atoms with Crippen LogP contribution in [0.1, 0.15) is 25.8 Å². The fraction of sp³-hybridized carbons (Fsp3) is 0.364. The molecule has 0 saturated carbocycles. The number of likely N-dealkylation sites (N-methyl/N-ethyl adjacent to an activating group) is 1. The Morgan fingerprint density at radius 2 is 1.65 bits per heavy atom. The van der Waals surface area contributed by atoms with Crippen molar-refractivity contribution in [3.63, 3.8) is 0 Å². The Kier molecular flexibility index (Phi) is 8.88. The zero-order valence-corrected chi connectivity index (χ0v) is 19.5. The average Bonchev–Trinajstić information content (AvgIpc) is 2.73. The number of carbonyl (C=O) groups is 2. The van der Waals surface area contributed by atoms with Gasteiger partial charge in [0.05, 0.1) is 11.9 Å². The fourth-order valence-corrected chi connectivity index (χ4v) is 4.27. The van der Waals surface area contributed by atoms with Crippen LogP contribution in [-0.2, 0) is 26.2 Å². The molecule has 1 atom stereocenters. The van der Waals surface area contributed by atoms with Crippen molar-refractivity contribution in [3.8, 4) is 0 Å². The minimum absolute atomic E-state index is 0.0839. The van der Waals surface area contributed by atoms with Crippen molar-refractivity contribution in [3.05, 3.63) is 65.2 Å². The van der Waals surface area contributed by atoms with E-state index in [1.807, 2.05) is 0 Å². The number of nitrogens with one attached hydrogen (secondary N) is 1. The molecule has 0 heterocycles. The minimum Gasteiger partial charge on any atom is -0.355 e. The molecule has 0 aliphatic heterocycles. The molecule has 0 saturated heterocycles. The number of hydrogen-bond acceptors (Lipinski definition) is 4. The standard InChI is InChI=1S/C22H28ClN3O4S/c1-4-20(22(28)24-5-2)25(15-17-11-9-10-14-19(17)23)21(27)16-26(31(3,29)30)18-12-7-6-8-13-18/h6-14,20H,4-5,15-16H2,1-3H3,(H,24,28)/t20-/m0/s1. The summed E-state index contributed by atoms with van der Waals surface area (Å²) in [6.45, 7) is 3.68. The molecule has 2 rings (SSSR count). The van der Waals surface area contributed by atoms with Gasteiger partial charge in [-0.3, -0.25) is 13.9 Å². The Balaban J connectivity index is 2.42. The highest BCUT2D eigenvalue weighted by atomic mass is 35.5. The SMILES string of the molecule is CCNC(=O)[C@H](CC)N(Cc1ccccc1Cl)C(=O)CN(c1ccccc1)S(C)(=O)=O. The summed E-state index contributed by atoms with van der Waals surface area (Å²) < 4.78 is 25.9. The first-order valence-corrected chi connectivity index (χ1v) is 12.2. The van der Waals surface area contributed by atoms with E-state index in [9.17, 15) is 18.0 Å². The predicted octanol–water partition coefficient (Wildman–Crippen LogP) is 3.05. The molecule has 0 bridgehead atoms. The number of rotatable bonds is 10. The molecule has 2 aromatic carbocycles. The maximum Gasteiger partial charge on any atom is 0.244 e. The first kappa shape index (κ1) is 24.7. The number of benzene rings is 2. The Morgan fingerprint density at radius 1 is 1.03 bits per heavy atom. The molecule has 2 amide bonds. The first-order chi connectivity index (χ1) is 14.7. The van der Waals surface area contributed by atoms with Gasteiger partial charge in [-0.25, -0.2) is 8.42 Å². The molecule has 2 aromatic rings. The first-order valence-electron chi connectivity index (χ1n) is 10.0. The van der Waals surface area contributed by atoms with Crippen molar-refractivity contribution in [1.82, 2.24) is 10.2 Å². The van der Waals surface area contributed by atoms with E-state index in [-0.39, 0.29) is 12.5 Å². The fourth-order valence-electron chi connectivity index (χ4n) is 3.23. The van der Waals surface area contributed by atoms with E-state index < -0.39 is 28.5 Å². The monoisotopic (exact) mass is 465 g/mol. The summed E-state index contributed by atoms with van der Waals surface area (Å²) in [6.07, 6.45) is 1.42. The van der Waals surface area contributed by atoms with Crippen molar-refractivity contribution in [2.45, 2.75) is 32.9 Å².